The largest absolute Gasteiger partial charge is 0.388 e. The first-order chi connectivity index (χ1) is 22.9. The second-order valence-corrected chi connectivity index (χ2v) is 11.7. The van der Waals surface area contributed by atoms with Crippen LogP contribution in [0.15, 0.2) is 61.1 Å². The van der Waals surface area contributed by atoms with Crippen molar-refractivity contribution in [2.45, 2.75) is 6.42 Å². The van der Waals surface area contributed by atoms with E-state index in [-0.39, 0.29) is 42.0 Å². The number of alkyl halides is 2. The van der Waals surface area contributed by atoms with E-state index < -0.39 is 11.8 Å². The van der Waals surface area contributed by atoms with Gasteiger partial charge in [-0.2, -0.15) is 0 Å². The van der Waals surface area contributed by atoms with Crippen LogP contribution in [-0.2, 0) is 21.1 Å². The first-order valence-corrected chi connectivity index (χ1v) is 16.0. The fourth-order valence-corrected chi connectivity index (χ4v) is 5.38. The Labute approximate surface area is 287 Å². The van der Waals surface area contributed by atoms with Crippen LogP contribution in [0.2, 0.25) is 0 Å². The highest BCUT2D eigenvalue weighted by Crippen LogP contribution is 2.21. The number of nitrogens with zero attached hydrogens (tertiary/aromatic N) is 4. The molecule has 14 nitrogen and oxygen atoms in total. The summed E-state index contributed by atoms with van der Waals surface area (Å²) in [5.41, 5.74) is 8.77. The first kappa shape index (κ1) is 35.6. The first-order valence-electron chi connectivity index (χ1n) is 14.9. The van der Waals surface area contributed by atoms with Crippen molar-refractivity contribution in [2.75, 3.05) is 52.2 Å². The maximum absolute atomic E-state index is 13.2. The molecule has 0 fully saturated rings. The lowest BCUT2D eigenvalue weighted by Gasteiger charge is -2.22. The predicted octanol–water partition coefficient (Wildman–Crippen LogP) is 3.80. The van der Waals surface area contributed by atoms with Crippen LogP contribution in [-0.4, -0.2) is 74.6 Å². The van der Waals surface area contributed by atoms with Crippen LogP contribution < -0.4 is 31.9 Å². The van der Waals surface area contributed by atoms with Gasteiger partial charge in [-0.1, -0.05) is 0 Å². The van der Waals surface area contributed by atoms with E-state index in [2.05, 4.69) is 21.3 Å². The van der Waals surface area contributed by atoms with Gasteiger partial charge < -0.3 is 45.6 Å². The zero-order chi connectivity index (χ0) is 35.0. The predicted molar refractivity (Wildman–Crippen MR) is 189 cm³/mol. The van der Waals surface area contributed by atoms with Crippen molar-refractivity contribution in [1.82, 2.24) is 19.0 Å². The summed E-state index contributed by atoms with van der Waals surface area (Å²) < 4.78 is 4.73. The molecule has 4 aromatic rings. The van der Waals surface area contributed by atoms with Crippen molar-refractivity contribution in [3.8, 4) is 0 Å². The average molecular weight is 698 g/mol. The second kappa shape index (κ2) is 16.1. The quantitative estimate of drug-likeness (QED) is 0.0624. The number of amidine groups is 1. The van der Waals surface area contributed by atoms with Crippen molar-refractivity contribution in [3.05, 3.63) is 83.7 Å². The average Bonchev–Trinajstić information content (AvgIpc) is 3.71. The summed E-state index contributed by atoms with van der Waals surface area (Å²) in [5.74, 6) is -0.720. The Kier molecular flexibility index (Phi) is 11.9. The number of hydrogen-bond donors (Lipinski definition) is 6. The fraction of sp³-hybridized carbons (Fsp3) is 0.281. The molecule has 0 saturated carbocycles. The second-order valence-electron chi connectivity index (χ2n) is 11.0. The minimum Gasteiger partial charge on any atom is -0.388 e. The van der Waals surface area contributed by atoms with Crippen molar-refractivity contribution in [1.29, 1.82) is 5.41 Å². The van der Waals surface area contributed by atoms with Crippen LogP contribution >= 0.6 is 23.2 Å². The number of rotatable bonds is 15. The molecule has 48 heavy (non-hydrogen) atoms. The van der Waals surface area contributed by atoms with Crippen LogP contribution in [0.3, 0.4) is 0 Å². The van der Waals surface area contributed by atoms with Gasteiger partial charge in [-0.05, 0) is 42.5 Å². The van der Waals surface area contributed by atoms with E-state index in [0.717, 1.165) is 5.69 Å². The molecule has 4 amide bonds. The third kappa shape index (κ3) is 8.98. The smallest absolute Gasteiger partial charge is 0.272 e. The lowest BCUT2D eigenvalue weighted by molar-refractivity contribution is 0.0944. The monoisotopic (exact) mass is 696 g/mol. The van der Waals surface area contributed by atoms with E-state index in [9.17, 15) is 19.2 Å². The molecule has 0 bridgehead atoms. The van der Waals surface area contributed by atoms with Gasteiger partial charge in [0.1, 0.15) is 17.1 Å². The minimum atomic E-state index is -0.449. The molecule has 254 valence electrons. The molecule has 0 aliphatic rings. The summed E-state index contributed by atoms with van der Waals surface area (Å²) in [5, 5.41) is 18.3. The Hall–Kier alpha value is -5.21. The van der Waals surface area contributed by atoms with Crippen molar-refractivity contribution in [3.63, 3.8) is 0 Å². The topological polar surface area (TPSA) is 184 Å². The highest BCUT2D eigenvalue weighted by Gasteiger charge is 2.19. The SMILES string of the molecule is Cn1cc(NC(=O)c2cc(NC(=O)c3cc(NC(=O)c4ccc(N(CCCl)CCCl)cc4)cn3C)cn2C)cc1C(=O)NCCC(=N)N. The molecule has 0 unspecified atom stereocenters. The number of hydrogen-bond acceptors (Lipinski definition) is 6. The summed E-state index contributed by atoms with van der Waals surface area (Å²) in [6.07, 6.45) is 5.06. The van der Waals surface area contributed by atoms with Gasteiger partial charge >= 0.3 is 0 Å². The maximum Gasteiger partial charge on any atom is 0.272 e. The van der Waals surface area contributed by atoms with Gasteiger partial charge in [-0.3, -0.25) is 24.6 Å². The molecule has 0 saturated heterocycles. The van der Waals surface area contributed by atoms with Crippen molar-refractivity contribution < 1.29 is 19.2 Å². The Balaban J connectivity index is 1.37. The summed E-state index contributed by atoms with van der Waals surface area (Å²) in [6, 6.07) is 11.7. The summed E-state index contributed by atoms with van der Waals surface area (Å²) in [6.45, 7) is 1.48. The molecule has 7 N–H and O–H groups in total. The van der Waals surface area contributed by atoms with Crippen LogP contribution in [0.5, 0.6) is 0 Å². The number of aromatic nitrogens is 3. The van der Waals surface area contributed by atoms with Crippen LogP contribution in [0.25, 0.3) is 0 Å². The van der Waals surface area contributed by atoms with E-state index in [1.54, 1.807) is 71.6 Å². The van der Waals surface area contributed by atoms with Gasteiger partial charge in [0.05, 0.1) is 22.9 Å². The molecule has 0 aliphatic carbocycles. The van der Waals surface area contributed by atoms with Gasteiger partial charge in [0, 0.05) is 88.8 Å². The van der Waals surface area contributed by atoms with Crippen LogP contribution in [0.1, 0.15) is 48.2 Å². The summed E-state index contributed by atoms with van der Waals surface area (Å²) in [4.78, 5) is 53.7. The highest BCUT2D eigenvalue weighted by molar-refractivity contribution is 6.18. The van der Waals surface area contributed by atoms with Gasteiger partial charge in [-0.15, -0.1) is 23.2 Å². The molecule has 0 radical (unpaired) electrons. The number of carbonyl (C=O) groups is 4. The number of aryl methyl sites for hydroxylation is 3. The molecule has 4 rings (SSSR count). The zero-order valence-electron chi connectivity index (χ0n) is 26.8. The fourth-order valence-electron chi connectivity index (χ4n) is 4.97. The summed E-state index contributed by atoms with van der Waals surface area (Å²) >= 11 is 11.8. The highest BCUT2D eigenvalue weighted by atomic mass is 35.5. The molecule has 3 aromatic heterocycles. The van der Waals surface area contributed by atoms with Gasteiger partial charge in [-0.25, -0.2) is 0 Å². The number of amides is 4. The molecule has 0 atom stereocenters. The maximum atomic E-state index is 13.2. The van der Waals surface area contributed by atoms with E-state index >= 15 is 0 Å². The number of benzene rings is 1. The van der Waals surface area contributed by atoms with E-state index in [1.165, 1.54) is 12.1 Å². The van der Waals surface area contributed by atoms with Gasteiger partial charge in [0.15, 0.2) is 0 Å². The Bertz CT molecular complexity index is 1800. The Morgan fingerprint density at radius 2 is 1.12 bits per heavy atom. The molecule has 16 heteroatoms. The number of halogens is 2. The summed E-state index contributed by atoms with van der Waals surface area (Å²) in [7, 11) is 5.02. The third-order valence-electron chi connectivity index (χ3n) is 7.37. The standard InChI is InChI=1S/C32H38Cl2N10O4/c1-41-18-22(14-25(41)30(46)37-11-8-28(35)36)39-32(48)27-16-23(19-43(27)3)40-31(47)26-15-21(17-42(26)2)38-29(45)20-4-6-24(7-5-20)44(12-9-33)13-10-34/h4-7,14-19H,8-13H2,1-3H3,(H3,35,36)(H,37,46)(H,38,45)(H,39,48)(H,40,47). The lowest BCUT2D eigenvalue weighted by atomic mass is 10.1. The van der Waals surface area contributed by atoms with Crippen LogP contribution in [0.4, 0.5) is 22.7 Å². The van der Waals surface area contributed by atoms with Crippen molar-refractivity contribution >= 4 is 75.4 Å². The van der Waals surface area contributed by atoms with E-state index in [1.807, 2.05) is 17.0 Å². The van der Waals surface area contributed by atoms with Gasteiger partial charge in [0.2, 0.25) is 0 Å². The lowest BCUT2D eigenvalue weighted by Crippen LogP contribution is -2.28. The molecular weight excluding hydrogens is 659 g/mol. The normalized spacial score (nSPS) is 10.8. The van der Waals surface area contributed by atoms with Crippen molar-refractivity contribution in [2.24, 2.45) is 26.9 Å². The molecule has 3 heterocycles. The number of nitrogens with two attached hydrogens (primary N) is 1. The van der Waals surface area contributed by atoms with Gasteiger partial charge in [0.25, 0.3) is 23.6 Å². The third-order valence-corrected chi connectivity index (χ3v) is 7.71. The Morgan fingerprint density at radius 3 is 1.54 bits per heavy atom. The molecule has 0 aliphatic heterocycles. The van der Waals surface area contributed by atoms with E-state index in [4.69, 9.17) is 34.3 Å². The number of carbonyl (C=O) groups excluding carboxylic acids is 4. The zero-order valence-corrected chi connectivity index (χ0v) is 28.3. The van der Waals surface area contributed by atoms with Crippen LogP contribution in [0, 0.1) is 5.41 Å². The Morgan fingerprint density at radius 1 is 0.708 bits per heavy atom. The number of nitrogens with one attached hydrogen (secondary N) is 5. The minimum absolute atomic E-state index is 0.0293. The molecular formula is C32H38Cl2N10O4. The molecule has 1 aromatic carbocycles. The van der Waals surface area contributed by atoms with E-state index in [0.29, 0.717) is 53.2 Å². The number of anilines is 4. The molecule has 0 spiro atoms.